The molecule has 0 saturated carbocycles. The molecule has 0 radical (unpaired) electrons. The Morgan fingerprint density at radius 2 is 1.91 bits per heavy atom. The fraction of sp³-hybridized carbons (Fsp3) is 0.909. The van der Waals surface area contributed by atoms with E-state index in [9.17, 15) is 25.0 Å². The number of carbonyl (C=O) groups excluding carboxylic acids is 1. The van der Waals surface area contributed by atoms with Gasteiger partial charge in [-0.05, 0) is 0 Å². The van der Waals surface area contributed by atoms with Crippen molar-refractivity contribution in [3.63, 3.8) is 0 Å². The number of nitroso groups, excluding NO2 is 1. The van der Waals surface area contributed by atoms with Crippen LogP contribution in [0.3, 0.4) is 0 Å². The van der Waals surface area contributed by atoms with E-state index in [0.29, 0.717) is 11.6 Å². The first kappa shape index (κ1) is 17.3. The minimum Gasteiger partial charge on any atom is -0.388 e. The third-order valence-corrected chi connectivity index (χ3v) is 3.61. The number of amides is 2. The van der Waals surface area contributed by atoms with Gasteiger partial charge in [-0.25, -0.2) is 4.79 Å². The number of alkyl halides is 1. The van der Waals surface area contributed by atoms with Gasteiger partial charge in [0.1, 0.15) is 18.3 Å². The Bertz CT molecular complexity index is 411. The molecule has 0 spiro atoms. The quantitative estimate of drug-likeness (QED) is 0.231. The summed E-state index contributed by atoms with van der Waals surface area (Å²) >= 11 is 5.51. The summed E-state index contributed by atoms with van der Waals surface area (Å²) < 4.78 is 10.3. The monoisotopic (exact) mass is 339 g/mol. The summed E-state index contributed by atoms with van der Waals surface area (Å²) in [5.74, 6) is 0.000660. The molecule has 0 aliphatic carbocycles. The smallest absolute Gasteiger partial charge is 0.345 e. The molecule has 2 saturated heterocycles. The Labute approximate surface area is 131 Å². The predicted molar refractivity (Wildman–Crippen MR) is 72.8 cm³/mol. The second kappa shape index (κ2) is 7.49. The highest BCUT2D eigenvalue weighted by molar-refractivity contribution is 6.18. The average Bonchev–Trinajstić information content (AvgIpc) is 3.32. The van der Waals surface area contributed by atoms with Gasteiger partial charge in [0.05, 0.1) is 37.7 Å². The van der Waals surface area contributed by atoms with E-state index in [1.54, 1.807) is 0 Å². The van der Waals surface area contributed by atoms with Gasteiger partial charge in [-0.15, -0.1) is 16.5 Å². The van der Waals surface area contributed by atoms with Gasteiger partial charge in [-0.1, -0.05) is 0 Å². The molecule has 11 heteroatoms. The standard InChI is InChI=1S/C11H18ClN3O7/c12-1-2-15(13-20)11(19)14(3-6-4-21-6)10-9(18)8(17)7(16)5-22-10/h6-10,16-18H,1-5H2/t6?,7-,8-,9+,10?/m0/s1. The Morgan fingerprint density at radius 3 is 2.45 bits per heavy atom. The second-order valence-corrected chi connectivity index (χ2v) is 5.43. The molecule has 2 fully saturated rings. The lowest BCUT2D eigenvalue weighted by Crippen LogP contribution is -2.62. The highest BCUT2D eigenvalue weighted by Crippen LogP contribution is 2.23. The predicted octanol–water partition coefficient (Wildman–Crippen LogP) is -1.53. The number of hydrogen-bond acceptors (Lipinski definition) is 8. The maximum absolute atomic E-state index is 12.4. The molecule has 2 amide bonds. The van der Waals surface area contributed by atoms with Crippen LogP contribution in [0.5, 0.6) is 0 Å². The Hall–Kier alpha value is -1.04. The van der Waals surface area contributed by atoms with Crippen molar-refractivity contribution in [1.82, 2.24) is 9.91 Å². The third kappa shape index (κ3) is 3.83. The molecular weight excluding hydrogens is 322 g/mol. The van der Waals surface area contributed by atoms with Gasteiger partial charge in [0.15, 0.2) is 6.23 Å². The number of urea groups is 1. The van der Waals surface area contributed by atoms with Crippen molar-refractivity contribution in [2.24, 2.45) is 5.29 Å². The first-order valence-electron chi connectivity index (χ1n) is 6.74. The van der Waals surface area contributed by atoms with Crippen LogP contribution in [-0.2, 0) is 9.47 Å². The van der Waals surface area contributed by atoms with Crippen LogP contribution in [0.4, 0.5) is 4.79 Å². The molecule has 2 heterocycles. The van der Waals surface area contributed by atoms with E-state index in [0.717, 1.165) is 4.90 Å². The van der Waals surface area contributed by atoms with Crippen LogP contribution in [0.15, 0.2) is 5.29 Å². The van der Waals surface area contributed by atoms with Crippen LogP contribution in [0.2, 0.25) is 0 Å². The van der Waals surface area contributed by atoms with Crippen molar-refractivity contribution >= 4 is 17.6 Å². The van der Waals surface area contributed by atoms with E-state index < -0.39 is 30.6 Å². The van der Waals surface area contributed by atoms with Crippen molar-refractivity contribution in [3.8, 4) is 0 Å². The molecule has 5 atom stereocenters. The van der Waals surface area contributed by atoms with E-state index in [4.69, 9.17) is 21.1 Å². The summed E-state index contributed by atoms with van der Waals surface area (Å²) in [7, 11) is 0. The fourth-order valence-corrected chi connectivity index (χ4v) is 2.31. The number of halogens is 1. The fourth-order valence-electron chi connectivity index (χ4n) is 2.15. The van der Waals surface area contributed by atoms with Crippen molar-refractivity contribution < 1.29 is 29.6 Å². The molecular formula is C11H18ClN3O7. The molecule has 0 aromatic heterocycles. The van der Waals surface area contributed by atoms with Gasteiger partial charge in [0.2, 0.25) is 0 Å². The average molecular weight is 340 g/mol. The topological polar surface area (TPSA) is 135 Å². The van der Waals surface area contributed by atoms with Crippen molar-refractivity contribution in [1.29, 1.82) is 0 Å². The van der Waals surface area contributed by atoms with Gasteiger partial charge in [0.25, 0.3) is 0 Å². The Balaban J connectivity index is 2.14. The highest BCUT2D eigenvalue weighted by atomic mass is 35.5. The summed E-state index contributed by atoms with van der Waals surface area (Å²) in [4.78, 5) is 24.2. The van der Waals surface area contributed by atoms with E-state index in [2.05, 4.69) is 5.29 Å². The summed E-state index contributed by atoms with van der Waals surface area (Å²) in [5.41, 5.74) is 0. The van der Waals surface area contributed by atoms with Crippen LogP contribution in [0.1, 0.15) is 0 Å². The van der Waals surface area contributed by atoms with Crippen LogP contribution in [0.25, 0.3) is 0 Å². The van der Waals surface area contributed by atoms with Crippen LogP contribution < -0.4 is 0 Å². The zero-order valence-corrected chi connectivity index (χ0v) is 12.4. The second-order valence-electron chi connectivity index (χ2n) is 5.06. The van der Waals surface area contributed by atoms with Gasteiger partial charge >= 0.3 is 6.03 Å². The van der Waals surface area contributed by atoms with Crippen LogP contribution in [0, 0.1) is 4.91 Å². The van der Waals surface area contributed by atoms with E-state index in [-0.39, 0.29) is 31.7 Å². The van der Waals surface area contributed by atoms with Crippen LogP contribution in [-0.4, -0.2) is 94.1 Å². The minimum absolute atomic E-state index is 0.000660. The third-order valence-electron chi connectivity index (χ3n) is 3.45. The van der Waals surface area contributed by atoms with Gasteiger partial charge < -0.3 is 24.8 Å². The molecule has 0 bridgehead atoms. The molecule has 3 N–H and O–H groups in total. The van der Waals surface area contributed by atoms with E-state index >= 15 is 0 Å². The van der Waals surface area contributed by atoms with Gasteiger partial charge in [-0.3, -0.25) is 4.90 Å². The number of nitrogens with zero attached hydrogens (tertiary/aromatic N) is 3. The molecule has 2 aliphatic heterocycles. The summed E-state index contributed by atoms with van der Waals surface area (Å²) in [6.45, 7) is 0.113. The zero-order valence-electron chi connectivity index (χ0n) is 11.6. The number of carbonyl (C=O) groups is 1. The Kier molecular flexibility index (Phi) is 5.89. The van der Waals surface area contributed by atoms with Gasteiger partial charge in [-0.2, -0.15) is 5.01 Å². The molecule has 126 valence electrons. The van der Waals surface area contributed by atoms with Crippen molar-refractivity contribution in [3.05, 3.63) is 4.91 Å². The maximum atomic E-state index is 12.4. The Morgan fingerprint density at radius 1 is 1.23 bits per heavy atom. The molecule has 2 rings (SSSR count). The number of rotatable bonds is 6. The summed E-state index contributed by atoms with van der Waals surface area (Å²) in [5, 5.41) is 32.4. The maximum Gasteiger partial charge on any atom is 0.345 e. The minimum atomic E-state index is -1.53. The summed E-state index contributed by atoms with van der Waals surface area (Å²) in [6, 6.07) is -0.821. The normalized spacial score (nSPS) is 34.1. The molecule has 22 heavy (non-hydrogen) atoms. The highest BCUT2D eigenvalue weighted by Gasteiger charge is 2.45. The molecule has 0 aromatic carbocycles. The largest absolute Gasteiger partial charge is 0.388 e. The number of hydrogen-bond donors (Lipinski definition) is 3. The van der Waals surface area contributed by atoms with E-state index in [1.165, 1.54) is 0 Å². The number of aliphatic hydroxyl groups excluding tert-OH is 3. The lowest BCUT2D eigenvalue weighted by Gasteiger charge is -2.41. The lowest BCUT2D eigenvalue weighted by atomic mass is 10.0. The SMILES string of the molecule is O=NN(CCCl)C(=O)N(CC1CO1)C1OC[C@H](O)[C@H](O)[C@H]1O. The molecule has 2 aliphatic rings. The summed E-state index contributed by atoms with van der Waals surface area (Å²) in [6.07, 6.45) is -5.73. The lowest BCUT2D eigenvalue weighted by molar-refractivity contribution is -0.220. The number of epoxide rings is 1. The molecule has 2 unspecified atom stereocenters. The zero-order chi connectivity index (χ0) is 16.3. The first-order chi connectivity index (χ1) is 10.5. The molecule has 0 aromatic rings. The van der Waals surface area contributed by atoms with Crippen LogP contribution >= 0.6 is 11.6 Å². The van der Waals surface area contributed by atoms with Crippen molar-refractivity contribution in [2.45, 2.75) is 30.6 Å². The number of ether oxygens (including phenoxy) is 2. The van der Waals surface area contributed by atoms with E-state index in [1.807, 2.05) is 0 Å². The van der Waals surface area contributed by atoms with Gasteiger partial charge in [0, 0.05) is 5.88 Å². The van der Waals surface area contributed by atoms with Crippen molar-refractivity contribution in [2.75, 3.05) is 32.2 Å². The first-order valence-corrected chi connectivity index (χ1v) is 7.27. The number of aliphatic hydroxyl groups is 3. The molecule has 10 nitrogen and oxygen atoms in total.